The molecule has 7 heteroatoms. The molecule has 0 aliphatic rings. The van der Waals surface area contributed by atoms with Crippen molar-refractivity contribution in [2.75, 3.05) is 20.0 Å². The smallest absolute Gasteiger partial charge is 0.313 e. The third-order valence-corrected chi connectivity index (χ3v) is 5.08. The van der Waals surface area contributed by atoms with Crippen LogP contribution in [0.1, 0.15) is 5.69 Å². The first kappa shape index (κ1) is 15.7. The van der Waals surface area contributed by atoms with E-state index in [0.717, 1.165) is 20.5 Å². The molecule has 0 fully saturated rings. The zero-order valence-corrected chi connectivity index (χ0v) is 13.5. The van der Waals surface area contributed by atoms with Crippen LogP contribution in [0.4, 0.5) is 0 Å². The number of thiazole rings is 1. The number of methoxy groups -OCH3 is 2. The lowest BCUT2D eigenvalue weighted by atomic mass is 10.1. The molecule has 0 aliphatic heterocycles. The Morgan fingerprint density at radius 2 is 2.05 bits per heavy atom. The van der Waals surface area contributed by atoms with Gasteiger partial charge in [0.15, 0.2) is 15.8 Å². The summed E-state index contributed by atoms with van der Waals surface area (Å²) in [6.45, 7) is 1.91. The van der Waals surface area contributed by atoms with Gasteiger partial charge in [-0.05, 0) is 30.7 Å². The molecule has 1 aromatic carbocycles. The van der Waals surface area contributed by atoms with Crippen molar-refractivity contribution in [3.63, 3.8) is 0 Å². The Morgan fingerprint density at radius 3 is 2.67 bits per heavy atom. The SMILES string of the molecule is COc1ccc(-c2sc(SCC(=O)O)nc2C)cc1OC. The van der Waals surface area contributed by atoms with Crippen LogP contribution in [0.2, 0.25) is 0 Å². The van der Waals surface area contributed by atoms with Gasteiger partial charge in [-0.1, -0.05) is 11.8 Å². The fourth-order valence-corrected chi connectivity index (χ4v) is 3.71. The molecule has 1 N–H and O–H groups in total. The number of rotatable bonds is 6. The fraction of sp³-hybridized carbons (Fsp3) is 0.286. The second-order valence-corrected chi connectivity index (χ2v) is 6.37. The second-order valence-electron chi connectivity index (χ2n) is 4.15. The van der Waals surface area contributed by atoms with Gasteiger partial charge in [0.1, 0.15) is 0 Å². The third-order valence-electron chi connectivity index (χ3n) is 2.74. The van der Waals surface area contributed by atoms with Crippen LogP contribution >= 0.6 is 23.1 Å². The number of carbonyl (C=O) groups is 1. The van der Waals surface area contributed by atoms with Crippen molar-refractivity contribution in [3.8, 4) is 21.9 Å². The van der Waals surface area contributed by atoms with E-state index < -0.39 is 5.97 Å². The van der Waals surface area contributed by atoms with Gasteiger partial charge in [-0.2, -0.15) is 0 Å². The van der Waals surface area contributed by atoms with Crippen LogP contribution in [0.15, 0.2) is 22.5 Å². The summed E-state index contributed by atoms with van der Waals surface area (Å²) in [4.78, 5) is 16.0. The molecule has 1 aromatic heterocycles. The molecule has 112 valence electrons. The van der Waals surface area contributed by atoms with Gasteiger partial charge >= 0.3 is 5.97 Å². The standard InChI is InChI=1S/C14H15NO4S2/c1-8-13(21-14(15-8)20-7-12(16)17)9-4-5-10(18-2)11(6-9)19-3/h4-6H,7H2,1-3H3,(H,16,17). The molecule has 5 nitrogen and oxygen atoms in total. The number of aromatic nitrogens is 1. The zero-order chi connectivity index (χ0) is 15.4. The molecule has 0 spiro atoms. The van der Waals surface area contributed by atoms with Crippen LogP contribution in [-0.2, 0) is 4.79 Å². The summed E-state index contributed by atoms with van der Waals surface area (Å²) in [6.07, 6.45) is 0. The molecular formula is C14H15NO4S2. The predicted octanol–water partition coefficient (Wildman–Crippen LogP) is 3.31. The summed E-state index contributed by atoms with van der Waals surface area (Å²) in [6, 6.07) is 5.68. The maximum absolute atomic E-state index is 10.6. The largest absolute Gasteiger partial charge is 0.493 e. The normalized spacial score (nSPS) is 10.4. The van der Waals surface area contributed by atoms with Crippen LogP contribution in [0.25, 0.3) is 10.4 Å². The number of aliphatic carboxylic acids is 1. The van der Waals surface area contributed by atoms with E-state index in [2.05, 4.69) is 4.98 Å². The second kappa shape index (κ2) is 6.82. The van der Waals surface area contributed by atoms with Crippen molar-refractivity contribution in [2.24, 2.45) is 0 Å². The Hall–Kier alpha value is -1.73. The molecule has 0 bridgehead atoms. The van der Waals surface area contributed by atoms with Crippen LogP contribution in [0.3, 0.4) is 0 Å². The molecule has 21 heavy (non-hydrogen) atoms. The van der Waals surface area contributed by atoms with Crippen molar-refractivity contribution in [1.29, 1.82) is 0 Å². The minimum Gasteiger partial charge on any atom is -0.493 e. The molecule has 0 aliphatic carbocycles. The van der Waals surface area contributed by atoms with Gasteiger partial charge in [-0.15, -0.1) is 11.3 Å². The molecule has 2 aromatic rings. The van der Waals surface area contributed by atoms with E-state index >= 15 is 0 Å². The number of ether oxygens (including phenoxy) is 2. The van der Waals surface area contributed by atoms with Crippen LogP contribution in [0, 0.1) is 6.92 Å². The van der Waals surface area contributed by atoms with Crippen LogP contribution in [-0.4, -0.2) is 36.0 Å². The quantitative estimate of drug-likeness (QED) is 0.822. The van der Waals surface area contributed by atoms with Crippen molar-refractivity contribution in [2.45, 2.75) is 11.3 Å². The lowest BCUT2D eigenvalue weighted by Crippen LogP contribution is -1.96. The van der Waals surface area contributed by atoms with E-state index in [1.165, 1.54) is 23.1 Å². The van der Waals surface area contributed by atoms with E-state index in [0.29, 0.717) is 11.5 Å². The molecule has 0 unspecified atom stereocenters. The summed E-state index contributed by atoms with van der Waals surface area (Å²) in [5, 5.41) is 8.72. The van der Waals surface area contributed by atoms with E-state index in [1.54, 1.807) is 14.2 Å². The van der Waals surface area contributed by atoms with Gasteiger partial charge in [-0.25, -0.2) is 4.98 Å². The average Bonchev–Trinajstić information content (AvgIpc) is 2.85. The molecule has 1 heterocycles. The van der Waals surface area contributed by atoms with Gasteiger partial charge < -0.3 is 14.6 Å². The van der Waals surface area contributed by atoms with E-state index in [-0.39, 0.29) is 5.75 Å². The molecule has 0 amide bonds. The first-order chi connectivity index (χ1) is 10.0. The highest BCUT2D eigenvalue weighted by molar-refractivity contribution is 8.01. The summed E-state index contributed by atoms with van der Waals surface area (Å²) in [5.74, 6) is 0.491. The van der Waals surface area contributed by atoms with Gasteiger partial charge in [0.25, 0.3) is 0 Å². The molecule has 0 atom stereocenters. The summed E-state index contributed by atoms with van der Waals surface area (Å²) < 4.78 is 11.3. The maximum atomic E-state index is 10.6. The average molecular weight is 325 g/mol. The van der Waals surface area contributed by atoms with Gasteiger partial charge in [0.2, 0.25) is 0 Å². The zero-order valence-electron chi connectivity index (χ0n) is 11.9. The molecule has 0 saturated heterocycles. The third kappa shape index (κ3) is 3.68. The van der Waals surface area contributed by atoms with Crippen LogP contribution in [0.5, 0.6) is 11.5 Å². The van der Waals surface area contributed by atoms with Gasteiger partial charge in [-0.3, -0.25) is 4.79 Å². The van der Waals surface area contributed by atoms with E-state index in [4.69, 9.17) is 14.6 Å². The van der Waals surface area contributed by atoms with Gasteiger partial charge in [0.05, 0.1) is 30.5 Å². The minimum atomic E-state index is -0.847. The van der Waals surface area contributed by atoms with Crippen molar-refractivity contribution in [3.05, 3.63) is 23.9 Å². The number of aryl methyl sites for hydroxylation is 1. The summed E-state index contributed by atoms with van der Waals surface area (Å²) >= 11 is 2.71. The summed E-state index contributed by atoms with van der Waals surface area (Å²) in [7, 11) is 3.19. The Balaban J connectivity index is 2.31. The Kier molecular flexibility index (Phi) is 5.08. The number of hydrogen-bond acceptors (Lipinski definition) is 6. The highest BCUT2D eigenvalue weighted by Gasteiger charge is 2.13. The molecule has 2 rings (SSSR count). The highest BCUT2D eigenvalue weighted by atomic mass is 32.2. The number of hydrogen-bond donors (Lipinski definition) is 1. The van der Waals surface area contributed by atoms with Crippen molar-refractivity contribution in [1.82, 2.24) is 4.98 Å². The molecular weight excluding hydrogens is 310 g/mol. The van der Waals surface area contributed by atoms with Crippen molar-refractivity contribution < 1.29 is 19.4 Å². The minimum absolute atomic E-state index is 0.0122. The van der Waals surface area contributed by atoms with Crippen molar-refractivity contribution >= 4 is 29.1 Å². The van der Waals surface area contributed by atoms with Gasteiger partial charge in [0, 0.05) is 0 Å². The topological polar surface area (TPSA) is 68.7 Å². The number of carboxylic acid groups (broad SMARTS) is 1. The lowest BCUT2D eigenvalue weighted by molar-refractivity contribution is -0.133. The number of nitrogens with zero attached hydrogens (tertiary/aromatic N) is 1. The molecule has 0 radical (unpaired) electrons. The van der Waals surface area contributed by atoms with E-state index in [1.807, 2.05) is 25.1 Å². The fourth-order valence-electron chi connectivity index (χ4n) is 1.80. The number of benzene rings is 1. The van der Waals surface area contributed by atoms with Crippen LogP contribution < -0.4 is 9.47 Å². The monoisotopic (exact) mass is 325 g/mol. The highest BCUT2D eigenvalue weighted by Crippen LogP contribution is 2.38. The Bertz CT molecular complexity index is 654. The Labute approximate surface area is 130 Å². The first-order valence-electron chi connectivity index (χ1n) is 6.09. The maximum Gasteiger partial charge on any atom is 0.313 e. The first-order valence-corrected chi connectivity index (χ1v) is 7.89. The predicted molar refractivity (Wildman–Crippen MR) is 83.8 cm³/mol. The number of thioether (sulfide) groups is 1. The number of carboxylic acids is 1. The molecule has 0 saturated carbocycles. The summed E-state index contributed by atoms with van der Waals surface area (Å²) in [5.41, 5.74) is 1.85. The Morgan fingerprint density at radius 1 is 1.33 bits per heavy atom. The lowest BCUT2D eigenvalue weighted by Gasteiger charge is -2.08. The van der Waals surface area contributed by atoms with E-state index in [9.17, 15) is 4.79 Å².